The molecule has 1 aliphatic carbocycles. The number of benzene rings is 1. The van der Waals surface area contributed by atoms with Crippen LogP contribution in [0, 0.1) is 0 Å². The Morgan fingerprint density at radius 3 is 2.64 bits per heavy atom. The van der Waals surface area contributed by atoms with E-state index in [0.29, 0.717) is 25.9 Å². The molecule has 0 bridgehead atoms. The molecule has 138 valence electrons. The second-order valence-corrected chi connectivity index (χ2v) is 8.50. The maximum Gasteiger partial charge on any atom is 0.242 e. The van der Waals surface area contributed by atoms with Gasteiger partial charge in [0.2, 0.25) is 15.9 Å². The highest BCUT2D eigenvalue weighted by atomic mass is 32.2. The quantitative estimate of drug-likeness (QED) is 0.685. The molecule has 1 aromatic carbocycles. The number of rotatable bonds is 9. The zero-order valence-corrected chi connectivity index (χ0v) is 15.7. The zero-order chi connectivity index (χ0) is 18.1. The smallest absolute Gasteiger partial charge is 0.242 e. The van der Waals surface area contributed by atoms with Gasteiger partial charge in [0.05, 0.1) is 4.90 Å². The van der Waals surface area contributed by atoms with Gasteiger partial charge in [-0.3, -0.25) is 4.79 Å². The van der Waals surface area contributed by atoms with Crippen LogP contribution in [0.1, 0.15) is 44.9 Å². The molecule has 0 unspecified atom stereocenters. The van der Waals surface area contributed by atoms with Crippen LogP contribution in [0.4, 0.5) is 0 Å². The molecule has 0 aliphatic heterocycles. The molecule has 2 rings (SSSR count). The Morgan fingerprint density at radius 1 is 1.20 bits per heavy atom. The van der Waals surface area contributed by atoms with Crippen LogP contribution >= 0.6 is 0 Å². The van der Waals surface area contributed by atoms with Gasteiger partial charge in [0.25, 0.3) is 0 Å². The summed E-state index contributed by atoms with van der Waals surface area (Å²) in [5.41, 5.74) is 1.44. The monoisotopic (exact) mass is 364 g/mol. The van der Waals surface area contributed by atoms with Crippen molar-refractivity contribution in [3.63, 3.8) is 0 Å². The third-order valence-electron chi connectivity index (χ3n) is 4.48. The van der Waals surface area contributed by atoms with E-state index in [1.54, 1.807) is 37.4 Å². The van der Waals surface area contributed by atoms with Gasteiger partial charge in [0.1, 0.15) is 0 Å². The van der Waals surface area contributed by atoms with E-state index in [1.807, 2.05) is 0 Å². The summed E-state index contributed by atoms with van der Waals surface area (Å²) in [5.74, 6) is -0.0121. The molecule has 1 aromatic rings. The van der Waals surface area contributed by atoms with E-state index in [-0.39, 0.29) is 10.8 Å². The molecule has 1 N–H and O–H groups in total. The summed E-state index contributed by atoms with van der Waals surface area (Å²) in [6, 6.07) is 8.36. The Hall–Kier alpha value is -1.66. The van der Waals surface area contributed by atoms with Gasteiger partial charge in [-0.1, -0.05) is 29.8 Å². The van der Waals surface area contributed by atoms with Crippen molar-refractivity contribution in [3.05, 3.63) is 42.0 Å². The number of carbonyl (C=O) groups is 1. The summed E-state index contributed by atoms with van der Waals surface area (Å²) >= 11 is 0. The number of sulfonamides is 1. The summed E-state index contributed by atoms with van der Waals surface area (Å²) in [4.78, 5) is 12.2. The Morgan fingerprint density at radius 2 is 1.96 bits per heavy atom. The lowest BCUT2D eigenvalue weighted by Gasteiger charge is -2.17. The SMILES string of the molecule is CN(CCCC(=O)NCCC1=CCCCC1)S(=O)(=O)c1ccccc1. The molecule has 0 saturated carbocycles. The van der Waals surface area contributed by atoms with E-state index < -0.39 is 10.0 Å². The second-order valence-electron chi connectivity index (χ2n) is 6.45. The molecule has 0 atom stereocenters. The lowest BCUT2D eigenvalue weighted by Crippen LogP contribution is -2.30. The van der Waals surface area contributed by atoms with Crippen LogP contribution in [0.25, 0.3) is 0 Å². The van der Waals surface area contributed by atoms with Crippen LogP contribution in [0.3, 0.4) is 0 Å². The number of amides is 1. The van der Waals surface area contributed by atoms with Gasteiger partial charge in [0, 0.05) is 26.6 Å². The van der Waals surface area contributed by atoms with Gasteiger partial charge < -0.3 is 5.32 Å². The van der Waals surface area contributed by atoms with Gasteiger partial charge in [0.15, 0.2) is 0 Å². The van der Waals surface area contributed by atoms with E-state index >= 15 is 0 Å². The van der Waals surface area contributed by atoms with E-state index in [0.717, 1.165) is 19.3 Å². The fourth-order valence-electron chi connectivity index (χ4n) is 2.94. The summed E-state index contributed by atoms with van der Waals surface area (Å²) in [5, 5.41) is 2.93. The van der Waals surface area contributed by atoms with Gasteiger partial charge in [-0.05, 0) is 50.7 Å². The fourth-order valence-corrected chi connectivity index (χ4v) is 4.17. The minimum absolute atomic E-state index is 0.0121. The summed E-state index contributed by atoms with van der Waals surface area (Å²) in [6.07, 6.45) is 8.90. The van der Waals surface area contributed by atoms with E-state index in [9.17, 15) is 13.2 Å². The van der Waals surface area contributed by atoms with E-state index in [2.05, 4.69) is 11.4 Å². The van der Waals surface area contributed by atoms with E-state index in [4.69, 9.17) is 0 Å². The van der Waals surface area contributed by atoms with Crippen molar-refractivity contribution in [1.82, 2.24) is 9.62 Å². The Kier molecular flexibility index (Phi) is 7.65. The predicted molar refractivity (Wildman–Crippen MR) is 99.7 cm³/mol. The topological polar surface area (TPSA) is 66.5 Å². The van der Waals surface area contributed by atoms with Crippen molar-refractivity contribution in [2.24, 2.45) is 0 Å². The third-order valence-corrected chi connectivity index (χ3v) is 6.35. The third kappa shape index (κ3) is 6.29. The first-order valence-corrected chi connectivity index (χ1v) is 10.4. The van der Waals surface area contributed by atoms with Gasteiger partial charge in [-0.15, -0.1) is 0 Å². The lowest BCUT2D eigenvalue weighted by atomic mass is 9.97. The number of allylic oxidation sites excluding steroid dienone is 1. The van der Waals surface area contributed by atoms with Crippen molar-refractivity contribution in [3.8, 4) is 0 Å². The Labute approximate surface area is 151 Å². The summed E-state index contributed by atoms with van der Waals surface area (Å²) in [7, 11) is -1.92. The molecule has 25 heavy (non-hydrogen) atoms. The molecular weight excluding hydrogens is 336 g/mol. The van der Waals surface area contributed by atoms with Gasteiger partial charge in [-0.2, -0.15) is 0 Å². The van der Waals surface area contributed by atoms with Crippen LogP contribution in [0.15, 0.2) is 46.9 Å². The largest absolute Gasteiger partial charge is 0.356 e. The minimum Gasteiger partial charge on any atom is -0.356 e. The van der Waals surface area contributed by atoms with Crippen molar-refractivity contribution in [1.29, 1.82) is 0 Å². The Balaban J connectivity index is 1.67. The Bertz CT molecular complexity index is 684. The van der Waals surface area contributed by atoms with Gasteiger partial charge in [-0.25, -0.2) is 12.7 Å². The van der Waals surface area contributed by atoms with Crippen LogP contribution < -0.4 is 5.32 Å². The molecule has 6 heteroatoms. The number of nitrogens with zero attached hydrogens (tertiary/aromatic N) is 1. The molecule has 0 aromatic heterocycles. The molecule has 1 aliphatic rings. The molecule has 1 amide bonds. The predicted octanol–water partition coefficient (Wildman–Crippen LogP) is 3.09. The van der Waals surface area contributed by atoms with Crippen LogP contribution in [0.2, 0.25) is 0 Å². The standard InChI is InChI=1S/C19H28N2O3S/c1-21(25(23,24)18-11-6-3-7-12-18)16-8-13-19(22)20-15-14-17-9-4-2-5-10-17/h3,6-7,9,11-12H,2,4-5,8,10,13-16H2,1H3,(H,20,22). The first-order chi connectivity index (χ1) is 12.0. The normalized spacial score (nSPS) is 15.0. The summed E-state index contributed by atoms with van der Waals surface area (Å²) in [6.45, 7) is 0.999. The van der Waals surface area contributed by atoms with Crippen molar-refractivity contribution < 1.29 is 13.2 Å². The second kappa shape index (κ2) is 9.73. The summed E-state index contributed by atoms with van der Waals surface area (Å²) < 4.78 is 26.1. The molecule has 0 heterocycles. The van der Waals surface area contributed by atoms with Crippen molar-refractivity contribution in [2.45, 2.75) is 49.8 Å². The van der Waals surface area contributed by atoms with Crippen molar-refractivity contribution in [2.75, 3.05) is 20.1 Å². The lowest BCUT2D eigenvalue weighted by molar-refractivity contribution is -0.121. The van der Waals surface area contributed by atoms with Crippen LogP contribution in [-0.2, 0) is 14.8 Å². The first-order valence-electron chi connectivity index (χ1n) is 8.96. The molecule has 0 saturated heterocycles. The zero-order valence-electron chi connectivity index (χ0n) is 14.9. The van der Waals surface area contributed by atoms with E-state index in [1.165, 1.54) is 22.7 Å². The average Bonchev–Trinajstić information content (AvgIpc) is 2.63. The minimum atomic E-state index is -3.47. The highest BCUT2D eigenvalue weighted by Gasteiger charge is 2.19. The van der Waals surface area contributed by atoms with Gasteiger partial charge >= 0.3 is 0 Å². The van der Waals surface area contributed by atoms with Crippen LogP contribution in [0.5, 0.6) is 0 Å². The number of carbonyl (C=O) groups excluding carboxylic acids is 1. The molecular formula is C19H28N2O3S. The number of hydrogen-bond donors (Lipinski definition) is 1. The highest BCUT2D eigenvalue weighted by molar-refractivity contribution is 7.89. The molecule has 5 nitrogen and oxygen atoms in total. The maximum absolute atomic E-state index is 12.4. The van der Waals surface area contributed by atoms with Crippen molar-refractivity contribution >= 4 is 15.9 Å². The molecule has 0 fully saturated rings. The average molecular weight is 365 g/mol. The maximum atomic E-state index is 12.4. The number of hydrogen-bond acceptors (Lipinski definition) is 3. The molecule has 0 spiro atoms. The highest BCUT2D eigenvalue weighted by Crippen LogP contribution is 2.19. The first kappa shape index (κ1) is 19.7. The molecule has 0 radical (unpaired) electrons. The number of nitrogens with one attached hydrogen (secondary N) is 1. The van der Waals surface area contributed by atoms with Crippen LogP contribution in [-0.4, -0.2) is 38.8 Å². The fraction of sp³-hybridized carbons (Fsp3) is 0.526.